The van der Waals surface area contributed by atoms with E-state index in [0.717, 1.165) is 16.6 Å². The molecule has 1 aromatic heterocycles. The molecule has 2 heterocycles. The molecule has 1 aliphatic heterocycles. The number of hydrogen-bond acceptors (Lipinski definition) is 3. The van der Waals surface area contributed by atoms with Crippen molar-refractivity contribution in [3.63, 3.8) is 0 Å². The number of aromatic amines is 1. The quantitative estimate of drug-likeness (QED) is 0.720. The van der Waals surface area contributed by atoms with Gasteiger partial charge in [0.05, 0.1) is 11.9 Å². The van der Waals surface area contributed by atoms with E-state index in [1.54, 1.807) is 0 Å². The van der Waals surface area contributed by atoms with Crippen molar-refractivity contribution in [3.05, 3.63) is 29.1 Å². The van der Waals surface area contributed by atoms with E-state index in [1.807, 2.05) is 12.4 Å². The Hall–Kier alpha value is -1.23. The third-order valence-corrected chi connectivity index (χ3v) is 5.18. The van der Waals surface area contributed by atoms with Gasteiger partial charge in [-0.25, -0.2) is 4.99 Å². The van der Waals surface area contributed by atoms with Gasteiger partial charge in [0.2, 0.25) is 0 Å². The van der Waals surface area contributed by atoms with Crippen LogP contribution in [0.25, 0.3) is 0 Å². The molecule has 1 aromatic rings. The average Bonchev–Trinajstić information content (AvgIpc) is 2.88. The molecule has 0 saturated carbocycles. The summed E-state index contributed by atoms with van der Waals surface area (Å²) in [6.07, 6.45) is 3.84. The summed E-state index contributed by atoms with van der Waals surface area (Å²) in [5, 5.41) is 9.93. The second-order valence-corrected chi connectivity index (χ2v) is 6.78. The predicted octanol–water partition coefficient (Wildman–Crippen LogP) is 2.34. The zero-order valence-electron chi connectivity index (χ0n) is 10.5. The highest BCUT2D eigenvalue weighted by Crippen LogP contribution is 2.40. The summed E-state index contributed by atoms with van der Waals surface area (Å²) in [5.74, 6) is 1.99. The van der Waals surface area contributed by atoms with Gasteiger partial charge >= 0.3 is 0 Å². The van der Waals surface area contributed by atoms with Gasteiger partial charge in [-0.1, -0.05) is 20.8 Å². The Bertz CT molecular complexity index is 433. The van der Waals surface area contributed by atoms with Crippen LogP contribution in [0, 0.1) is 5.92 Å². The Kier molecular flexibility index (Phi) is 3.57. The van der Waals surface area contributed by atoms with Crippen molar-refractivity contribution >= 4 is 16.1 Å². The molecule has 1 aliphatic rings. The molecule has 2 rings (SSSR count). The highest BCUT2D eigenvalue weighted by Gasteiger charge is 2.20. The van der Waals surface area contributed by atoms with Gasteiger partial charge in [0.1, 0.15) is 5.17 Å². The van der Waals surface area contributed by atoms with Crippen molar-refractivity contribution in [1.29, 1.82) is 0 Å². The second-order valence-electron chi connectivity index (χ2n) is 4.76. The highest BCUT2D eigenvalue weighted by molar-refractivity contribution is 8.32. The van der Waals surface area contributed by atoms with Crippen LogP contribution >= 0.6 is 10.9 Å². The van der Waals surface area contributed by atoms with E-state index in [1.165, 1.54) is 5.56 Å². The van der Waals surface area contributed by atoms with E-state index in [4.69, 9.17) is 5.73 Å². The lowest BCUT2D eigenvalue weighted by Crippen LogP contribution is -2.12. The number of allylic oxidation sites excluding steroid dienone is 1. The normalized spacial score (nSPS) is 23.6. The van der Waals surface area contributed by atoms with Gasteiger partial charge in [-0.2, -0.15) is 16.0 Å². The molecule has 4 nitrogen and oxygen atoms in total. The SMILES string of the molecule is CC(C)C1=C[SH](CC(C)c2cn[nH]c2)C(N)=N1. The van der Waals surface area contributed by atoms with Gasteiger partial charge in [0, 0.05) is 6.20 Å². The highest BCUT2D eigenvalue weighted by atomic mass is 32.2. The van der Waals surface area contributed by atoms with Crippen LogP contribution in [0.1, 0.15) is 32.3 Å². The fourth-order valence-electron chi connectivity index (χ4n) is 1.81. The molecule has 3 N–H and O–H groups in total. The second kappa shape index (κ2) is 4.96. The Labute approximate surface area is 105 Å². The zero-order chi connectivity index (χ0) is 12.4. The van der Waals surface area contributed by atoms with Crippen LogP contribution in [0.5, 0.6) is 0 Å². The lowest BCUT2D eigenvalue weighted by atomic mass is 10.1. The summed E-state index contributed by atoms with van der Waals surface area (Å²) in [5.41, 5.74) is 8.40. The molecular weight excluding hydrogens is 232 g/mol. The fraction of sp³-hybridized carbons (Fsp3) is 0.500. The standard InChI is InChI=1S/C12H20N4S/c1-8(2)11-7-17(12(13)16-11)6-9(3)10-4-14-15-5-10/h4-5,7-9,17H,6H2,1-3H3,(H2,13,16)(H,14,15). The molecule has 2 atom stereocenters. The Morgan fingerprint density at radius 3 is 2.71 bits per heavy atom. The van der Waals surface area contributed by atoms with Crippen molar-refractivity contribution in [2.24, 2.45) is 16.6 Å². The smallest absolute Gasteiger partial charge is 0.142 e. The van der Waals surface area contributed by atoms with E-state index >= 15 is 0 Å². The number of thiol groups is 1. The van der Waals surface area contributed by atoms with Gasteiger partial charge in [0.25, 0.3) is 0 Å². The van der Waals surface area contributed by atoms with Crippen molar-refractivity contribution in [2.45, 2.75) is 26.7 Å². The summed E-state index contributed by atoms with van der Waals surface area (Å²) in [7, 11) is -0.398. The van der Waals surface area contributed by atoms with Crippen LogP contribution in [-0.2, 0) is 0 Å². The average molecular weight is 252 g/mol. The Morgan fingerprint density at radius 2 is 2.18 bits per heavy atom. The van der Waals surface area contributed by atoms with Crippen LogP contribution in [0.2, 0.25) is 0 Å². The van der Waals surface area contributed by atoms with E-state index in [0.29, 0.717) is 11.8 Å². The first-order chi connectivity index (χ1) is 8.08. The molecule has 5 heteroatoms. The molecule has 0 aromatic carbocycles. The maximum absolute atomic E-state index is 6.01. The molecule has 0 bridgehead atoms. The largest absolute Gasteiger partial charge is 0.379 e. The molecule has 0 spiro atoms. The van der Waals surface area contributed by atoms with E-state index < -0.39 is 10.9 Å². The molecular formula is C12H20N4S. The lowest BCUT2D eigenvalue weighted by Gasteiger charge is -2.17. The number of nitrogens with zero attached hydrogens (tertiary/aromatic N) is 2. The number of amidine groups is 1. The van der Waals surface area contributed by atoms with Crippen LogP contribution in [0.3, 0.4) is 0 Å². The fourth-order valence-corrected chi connectivity index (χ4v) is 3.95. The molecule has 94 valence electrons. The monoisotopic (exact) mass is 252 g/mol. The molecule has 17 heavy (non-hydrogen) atoms. The van der Waals surface area contributed by atoms with Crippen LogP contribution in [-0.4, -0.2) is 21.1 Å². The van der Waals surface area contributed by atoms with Gasteiger partial charge in [-0.15, -0.1) is 0 Å². The number of aromatic nitrogens is 2. The maximum atomic E-state index is 6.01. The van der Waals surface area contributed by atoms with Crippen molar-refractivity contribution in [2.75, 3.05) is 5.75 Å². The third-order valence-electron chi connectivity index (χ3n) is 2.98. The van der Waals surface area contributed by atoms with Gasteiger partial charge in [-0.3, -0.25) is 5.10 Å². The topological polar surface area (TPSA) is 67.1 Å². The van der Waals surface area contributed by atoms with Crippen LogP contribution in [0.15, 0.2) is 28.5 Å². The van der Waals surface area contributed by atoms with Crippen LogP contribution < -0.4 is 5.73 Å². The predicted molar refractivity (Wildman–Crippen MR) is 75.4 cm³/mol. The zero-order valence-corrected chi connectivity index (χ0v) is 11.4. The van der Waals surface area contributed by atoms with E-state index in [9.17, 15) is 0 Å². The number of rotatable bonds is 4. The first-order valence-corrected chi connectivity index (χ1v) is 7.48. The first-order valence-electron chi connectivity index (χ1n) is 5.89. The number of nitrogens with two attached hydrogens (primary N) is 1. The Balaban J connectivity index is 2.03. The van der Waals surface area contributed by atoms with Crippen LogP contribution in [0.4, 0.5) is 0 Å². The summed E-state index contributed by atoms with van der Waals surface area (Å²) < 4.78 is 0. The van der Waals surface area contributed by atoms with Gasteiger partial charge < -0.3 is 5.73 Å². The van der Waals surface area contributed by atoms with Gasteiger partial charge in [-0.05, 0) is 28.6 Å². The molecule has 0 radical (unpaired) electrons. The minimum absolute atomic E-state index is 0.398. The lowest BCUT2D eigenvalue weighted by molar-refractivity contribution is 0.762. The summed E-state index contributed by atoms with van der Waals surface area (Å²) in [4.78, 5) is 4.46. The number of aliphatic imine (C=N–C) groups is 1. The minimum Gasteiger partial charge on any atom is -0.379 e. The van der Waals surface area contributed by atoms with Gasteiger partial charge in [0.15, 0.2) is 0 Å². The number of nitrogens with one attached hydrogen (secondary N) is 1. The molecule has 0 aliphatic carbocycles. The third kappa shape index (κ3) is 2.72. The van der Waals surface area contributed by atoms with E-state index in [-0.39, 0.29) is 0 Å². The summed E-state index contributed by atoms with van der Waals surface area (Å²) >= 11 is 0. The van der Waals surface area contributed by atoms with Crippen molar-refractivity contribution < 1.29 is 0 Å². The first kappa shape index (κ1) is 12.2. The summed E-state index contributed by atoms with van der Waals surface area (Å²) in [6.45, 7) is 6.52. The van der Waals surface area contributed by atoms with E-state index in [2.05, 4.69) is 41.4 Å². The minimum atomic E-state index is -0.398. The number of H-pyrrole nitrogens is 1. The summed E-state index contributed by atoms with van der Waals surface area (Å²) in [6, 6.07) is 0. The molecule has 2 unspecified atom stereocenters. The number of hydrogen-bond donors (Lipinski definition) is 3. The Morgan fingerprint density at radius 1 is 1.41 bits per heavy atom. The maximum Gasteiger partial charge on any atom is 0.142 e. The molecule has 0 saturated heterocycles. The van der Waals surface area contributed by atoms with Crippen molar-refractivity contribution in [1.82, 2.24) is 10.2 Å². The van der Waals surface area contributed by atoms with Crippen molar-refractivity contribution in [3.8, 4) is 0 Å². The molecule has 0 amide bonds. The molecule has 0 fully saturated rings.